The lowest BCUT2D eigenvalue weighted by Gasteiger charge is -2.14. The summed E-state index contributed by atoms with van der Waals surface area (Å²) in [7, 11) is 0. The van der Waals surface area contributed by atoms with Crippen molar-refractivity contribution in [1.29, 1.82) is 0 Å². The molecule has 0 aliphatic carbocycles. The number of carbonyl (C=O) groups is 2. The summed E-state index contributed by atoms with van der Waals surface area (Å²) in [6, 6.07) is 20.5. The van der Waals surface area contributed by atoms with Crippen LogP contribution in [-0.4, -0.2) is 11.9 Å². The molecule has 4 aromatic rings. The Morgan fingerprint density at radius 3 is 2.48 bits per heavy atom. The number of furan rings is 1. The van der Waals surface area contributed by atoms with E-state index in [-0.39, 0.29) is 6.42 Å². The molecule has 5 heteroatoms. The van der Waals surface area contributed by atoms with E-state index in [0.29, 0.717) is 16.7 Å². The Morgan fingerprint density at radius 1 is 0.963 bits per heavy atom. The van der Waals surface area contributed by atoms with Crippen LogP contribution in [-0.2, 0) is 20.7 Å². The van der Waals surface area contributed by atoms with Crippen molar-refractivity contribution in [2.75, 3.05) is 0 Å². The number of hydrogen-bond donors (Lipinski definition) is 1. The molecule has 0 saturated heterocycles. The average molecular weight is 359 g/mol. The minimum absolute atomic E-state index is 0.0162. The van der Waals surface area contributed by atoms with Crippen molar-refractivity contribution < 1.29 is 18.7 Å². The van der Waals surface area contributed by atoms with Gasteiger partial charge in [0.25, 0.3) is 5.91 Å². The van der Waals surface area contributed by atoms with Gasteiger partial charge >= 0.3 is 5.97 Å². The van der Waals surface area contributed by atoms with Crippen molar-refractivity contribution in [3.05, 3.63) is 84.1 Å². The normalized spacial score (nSPS) is 12.1. The number of benzene rings is 3. The molecular weight excluding hydrogens is 342 g/mol. The zero-order valence-corrected chi connectivity index (χ0v) is 14.4. The third-order valence-electron chi connectivity index (χ3n) is 4.48. The molecule has 1 aromatic heterocycles. The smallest absolute Gasteiger partial charge is 0.311 e. The van der Waals surface area contributed by atoms with Crippen LogP contribution in [0.15, 0.2) is 77.4 Å². The standard InChI is InChI=1S/C22H17NO4/c23-22(25)21(15-7-2-1-3-8-15)27-19(24)12-16-13-26-18-11-10-14-6-4-5-9-17(14)20(16)18/h1-11,13,21H,12H2,(H2,23,25)/t21-/m0/s1. The van der Waals surface area contributed by atoms with E-state index in [4.69, 9.17) is 14.9 Å². The van der Waals surface area contributed by atoms with Crippen LogP contribution in [0.1, 0.15) is 17.2 Å². The van der Waals surface area contributed by atoms with Gasteiger partial charge in [-0.3, -0.25) is 9.59 Å². The second-order valence-corrected chi connectivity index (χ2v) is 6.28. The zero-order chi connectivity index (χ0) is 18.8. The maximum Gasteiger partial charge on any atom is 0.311 e. The Labute approximate surface area is 155 Å². The Balaban J connectivity index is 1.63. The van der Waals surface area contributed by atoms with Gasteiger partial charge in [0.1, 0.15) is 5.58 Å². The number of fused-ring (bicyclic) bond motifs is 3. The molecule has 1 amide bonds. The van der Waals surface area contributed by atoms with Crippen LogP contribution in [0.4, 0.5) is 0 Å². The number of amides is 1. The number of rotatable bonds is 5. The minimum Gasteiger partial charge on any atom is -0.464 e. The van der Waals surface area contributed by atoms with E-state index >= 15 is 0 Å². The van der Waals surface area contributed by atoms with Gasteiger partial charge in [0, 0.05) is 16.5 Å². The molecule has 0 radical (unpaired) electrons. The van der Waals surface area contributed by atoms with Gasteiger partial charge in [-0.1, -0.05) is 60.7 Å². The molecule has 0 aliphatic rings. The molecule has 2 N–H and O–H groups in total. The van der Waals surface area contributed by atoms with E-state index in [0.717, 1.165) is 16.2 Å². The molecule has 0 aliphatic heterocycles. The van der Waals surface area contributed by atoms with E-state index in [1.807, 2.05) is 42.5 Å². The number of carbonyl (C=O) groups excluding carboxylic acids is 2. The first kappa shape index (κ1) is 16.8. The third-order valence-corrected chi connectivity index (χ3v) is 4.48. The molecule has 1 atom stereocenters. The van der Waals surface area contributed by atoms with Gasteiger partial charge in [-0.25, -0.2) is 0 Å². The fourth-order valence-electron chi connectivity index (χ4n) is 3.25. The first-order valence-electron chi connectivity index (χ1n) is 8.55. The lowest BCUT2D eigenvalue weighted by atomic mass is 10.0. The topological polar surface area (TPSA) is 82.5 Å². The van der Waals surface area contributed by atoms with Crippen molar-refractivity contribution in [2.24, 2.45) is 5.73 Å². The highest BCUT2D eigenvalue weighted by Gasteiger charge is 2.23. The summed E-state index contributed by atoms with van der Waals surface area (Å²) in [4.78, 5) is 24.3. The number of nitrogens with two attached hydrogens (primary N) is 1. The first-order valence-corrected chi connectivity index (χ1v) is 8.55. The molecule has 27 heavy (non-hydrogen) atoms. The first-order chi connectivity index (χ1) is 13.1. The van der Waals surface area contributed by atoms with Gasteiger partial charge in [-0.15, -0.1) is 0 Å². The van der Waals surface area contributed by atoms with E-state index in [2.05, 4.69) is 0 Å². The van der Waals surface area contributed by atoms with Crippen LogP contribution >= 0.6 is 0 Å². The predicted octanol–water partition coefficient (Wildman–Crippen LogP) is 3.90. The van der Waals surface area contributed by atoms with Gasteiger partial charge in [-0.2, -0.15) is 0 Å². The number of esters is 1. The van der Waals surface area contributed by atoms with Gasteiger partial charge in [0.15, 0.2) is 0 Å². The summed E-state index contributed by atoms with van der Waals surface area (Å²) in [6.07, 6.45) is 0.422. The second-order valence-electron chi connectivity index (χ2n) is 6.28. The largest absolute Gasteiger partial charge is 0.464 e. The molecule has 134 valence electrons. The third kappa shape index (κ3) is 3.27. The molecule has 0 spiro atoms. The van der Waals surface area contributed by atoms with Crippen LogP contribution in [0.25, 0.3) is 21.7 Å². The van der Waals surface area contributed by atoms with Crippen molar-refractivity contribution in [2.45, 2.75) is 12.5 Å². The summed E-state index contributed by atoms with van der Waals surface area (Å²) >= 11 is 0. The monoisotopic (exact) mass is 359 g/mol. The van der Waals surface area contributed by atoms with E-state index in [1.165, 1.54) is 0 Å². The Hall–Kier alpha value is -3.60. The summed E-state index contributed by atoms with van der Waals surface area (Å²) in [5.74, 6) is -1.25. The predicted molar refractivity (Wildman–Crippen MR) is 102 cm³/mol. The van der Waals surface area contributed by atoms with Crippen molar-refractivity contribution in [3.63, 3.8) is 0 Å². The Bertz CT molecular complexity index is 1130. The van der Waals surface area contributed by atoms with Crippen LogP contribution in [0.5, 0.6) is 0 Å². The van der Waals surface area contributed by atoms with E-state index < -0.39 is 18.0 Å². The fourth-order valence-corrected chi connectivity index (χ4v) is 3.25. The highest BCUT2D eigenvalue weighted by Crippen LogP contribution is 2.30. The molecule has 3 aromatic carbocycles. The molecule has 0 saturated carbocycles. The minimum atomic E-state index is -1.12. The second kappa shape index (κ2) is 6.96. The summed E-state index contributed by atoms with van der Waals surface area (Å²) in [6.45, 7) is 0. The van der Waals surface area contributed by atoms with Crippen molar-refractivity contribution >= 4 is 33.6 Å². The van der Waals surface area contributed by atoms with Crippen LogP contribution in [0.2, 0.25) is 0 Å². The molecule has 4 rings (SSSR count). The van der Waals surface area contributed by atoms with Gasteiger partial charge in [0.05, 0.1) is 12.7 Å². The van der Waals surface area contributed by atoms with Crippen LogP contribution in [0, 0.1) is 0 Å². The SMILES string of the molecule is NC(=O)[C@@H](OC(=O)Cc1coc2ccc3ccccc3c12)c1ccccc1. The highest BCUT2D eigenvalue weighted by molar-refractivity contribution is 6.08. The van der Waals surface area contributed by atoms with Crippen molar-refractivity contribution in [1.82, 2.24) is 0 Å². The van der Waals surface area contributed by atoms with Crippen molar-refractivity contribution in [3.8, 4) is 0 Å². The van der Waals surface area contributed by atoms with Crippen LogP contribution in [0.3, 0.4) is 0 Å². The number of primary amides is 1. The molecule has 0 unspecified atom stereocenters. The molecule has 0 fully saturated rings. The molecule has 0 bridgehead atoms. The summed E-state index contributed by atoms with van der Waals surface area (Å²) in [5, 5.41) is 2.93. The van der Waals surface area contributed by atoms with Gasteiger partial charge in [-0.05, 0) is 16.8 Å². The molecule has 1 heterocycles. The molecular formula is C22H17NO4. The molecule has 5 nitrogen and oxygen atoms in total. The Kier molecular flexibility index (Phi) is 4.34. The van der Waals surface area contributed by atoms with Gasteiger partial charge < -0.3 is 14.9 Å². The number of hydrogen-bond acceptors (Lipinski definition) is 4. The average Bonchev–Trinajstić information content (AvgIpc) is 3.10. The number of ether oxygens (including phenoxy) is 1. The summed E-state index contributed by atoms with van der Waals surface area (Å²) in [5.41, 5.74) is 7.37. The van der Waals surface area contributed by atoms with Gasteiger partial charge in [0.2, 0.25) is 6.10 Å². The van der Waals surface area contributed by atoms with E-state index in [1.54, 1.807) is 30.5 Å². The Morgan fingerprint density at radius 2 is 1.70 bits per heavy atom. The van der Waals surface area contributed by atoms with Crippen LogP contribution < -0.4 is 5.73 Å². The lowest BCUT2D eigenvalue weighted by molar-refractivity contribution is -0.154. The van der Waals surface area contributed by atoms with E-state index in [9.17, 15) is 9.59 Å². The summed E-state index contributed by atoms with van der Waals surface area (Å²) < 4.78 is 11.0. The maximum atomic E-state index is 12.5. The maximum absolute atomic E-state index is 12.5. The quantitative estimate of drug-likeness (QED) is 0.548. The highest BCUT2D eigenvalue weighted by atomic mass is 16.5. The zero-order valence-electron chi connectivity index (χ0n) is 14.4. The fraction of sp³-hybridized carbons (Fsp3) is 0.0909. The lowest BCUT2D eigenvalue weighted by Crippen LogP contribution is -2.26.